The fourth-order valence-corrected chi connectivity index (χ4v) is 1.53. The van der Waals surface area contributed by atoms with Crippen molar-refractivity contribution in [2.45, 2.75) is 11.2 Å². The summed E-state index contributed by atoms with van der Waals surface area (Å²) < 4.78 is 4.86. The average Bonchev–Trinajstić information content (AvgIpc) is 2.88. The van der Waals surface area contributed by atoms with Crippen LogP contribution < -0.4 is 0 Å². The van der Waals surface area contributed by atoms with Crippen molar-refractivity contribution >= 4 is 11.9 Å². The monoisotopic (exact) mass is 198 g/mol. The normalized spacial score (nSPS) is 37.5. The van der Waals surface area contributed by atoms with Crippen LogP contribution in [0.25, 0.3) is 0 Å². The molecule has 2 rings (SSSR count). The summed E-state index contributed by atoms with van der Waals surface area (Å²) in [6.45, 7) is 0. The topological polar surface area (TPSA) is 96.4 Å². The van der Waals surface area contributed by atoms with E-state index >= 15 is 0 Å². The molecule has 1 saturated heterocycles. The minimum atomic E-state index is -1.72. The van der Waals surface area contributed by atoms with E-state index in [4.69, 9.17) is 15.1 Å². The quantitative estimate of drug-likeness (QED) is 0.360. The molecule has 14 heavy (non-hydrogen) atoms. The molecular formula is C8H6O6. The Balaban J connectivity index is 2.41. The number of hydrogen-bond acceptors (Lipinski definition) is 5. The van der Waals surface area contributed by atoms with Gasteiger partial charge in [-0.3, -0.25) is 4.89 Å². The van der Waals surface area contributed by atoms with Gasteiger partial charge in [-0.25, -0.2) is 9.59 Å². The molecule has 0 aromatic heterocycles. The van der Waals surface area contributed by atoms with Crippen molar-refractivity contribution in [3.05, 3.63) is 24.3 Å². The van der Waals surface area contributed by atoms with Gasteiger partial charge in [-0.05, 0) is 12.2 Å². The van der Waals surface area contributed by atoms with E-state index in [9.17, 15) is 9.59 Å². The first kappa shape index (κ1) is 8.92. The molecular weight excluding hydrogens is 192 g/mol. The maximum Gasteiger partial charge on any atom is 0.381 e. The van der Waals surface area contributed by atoms with Crippen LogP contribution in [-0.2, 0) is 19.2 Å². The van der Waals surface area contributed by atoms with Gasteiger partial charge in [0, 0.05) is 0 Å². The Kier molecular flexibility index (Phi) is 1.55. The van der Waals surface area contributed by atoms with Crippen molar-refractivity contribution in [2.24, 2.45) is 0 Å². The van der Waals surface area contributed by atoms with Crippen LogP contribution in [0.3, 0.4) is 0 Å². The molecule has 2 N–H and O–H groups in total. The number of carboxylic acid groups (broad SMARTS) is 1. The minimum absolute atomic E-state index is 1.14. The fraction of sp³-hybridized carbons (Fsp3) is 0.250. The zero-order valence-electron chi connectivity index (χ0n) is 6.84. The van der Waals surface area contributed by atoms with Gasteiger partial charge in [-0.2, -0.15) is 5.26 Å². The van der Waals surface area contributed by atoms with Crippen LogP contribution in [0.5, 0.6) is 0 Å². The third-order valence-corrected chi connectivity index (χ3v) is 2.31. The number of rotatable bonds is 2. The summed E-state index contributed by atoms with van der Waals surface area (Å²) in [5, 5.41) is 17.0. The molecule has 74 valence electrons. The van der Waals surface area contributed by atoms with Gasteiger partial charge in [-0.15, -0.1) is 0 Å². The minimum Gasteiger partial charge on any atom is -0.479 e. The third-order valence-electron chi connectivity index (χ3n) is 2.31. The molecule has 1 aliphatic carbocycles. The maximum atomic E-state index is 11.1. The van der Waals surface area contributed by atoms with Gasteiger partial charge in [0.15, 0.2) is 0 Å². The van der Waals surface area contributed by atoms with Crippen LogP contribution in [0, 0.1) is 0 Å². The second kappa shape index (κ2) is 2.43. The van der Waals surface area contributed by atoms with Crippen molar-refractivity contribution < 1.29 is 29.6 Å². The number of epoxide rings is 1. The van der Waals surface area contributed by atoms with E-state index in [0.717, 1.165) is 0 Å². The lowest BCUT2D eigenvalue weighted by Crippen LogP contribution is -2.38. The lowest BCUT2D eigenvalue weighted by atomic mass is 9.89. The molecule has 6 nitrogen and oxygen atoms in total. The van der Waals surface area contributed by atoms with Crippen molar-refractivity contribution in [1.29, 1.82) is 0 Å². The zero-order valence-corrected chi connectivity index (χ0v) is 6.84. The molecule has 0 saturated carbocycles. The van der Waals surface area contributed by atoms with E-state index in [0.29, 0.717) is 0 Å². The summed E-state index contributed by atoms with van der Waals surface area (Å²) in [5.41, 5.74) is -3.43. The second-order valence-electron chi connectivity index (χ2n) is 2.98. The number of carbonyl (C=O) groups is 2. The van der Waals surface area contributed by atoms with Crippen molar-refractivity contribution in [2.75, 3.05) is 0 Å². The Hall–Kier alpha value is -1.66. The van der Waals surface area contributed by atoms with Crippen LogP contribution in [0.15, 0.2) is 24.3 Å². The van der Waals surface area contributed by atoms with Crippen molar-refractivity contribution in [1.82, 2.24) is 0 Å². The predicted octanol–water partition coefficient (Wildman–Crippen LogP) is -0.279. The first-order valence-electron chi connectivity index (χ1n) is 3.75. The van der Waals surface area contributed by atoms with E-state index in [2.05, 4.69) is 4.89 Å². The van der Waals surface area contributed by atoms with Gasteiger partial charge in [0.1, 0.15) is 0 Å². The van der Waals surface area contributed by atoms with Crippen LogP contribution in [0.1, 0.15) is 0 Å². The number of carboxylic acids is 1. The highest BCUT2D eigenvalue weighted by atomic mass is 17.1. The predicted molar refractivity (Wildman–Crippen MR) is 41.2 cm³/mol. The molecule has 2 unspecified atom stereocenters. The number of fused-ring (bicyclic) bond motifs is 1. The van der Waals surface area contributed by atoms with Gasteiger partial charge in [0.25, 0.3) is 0 Å². The summed E-state index contributed by atoms with van der Waals surface area (Å²) in [4.78, 5) is 25.4. The van der Waals surface area contributed by atoms with Crippen LogP contribution in [0.4, 0.5) is 0 Å². The zero-order chi connectivity index (χ0) is 10.4. The van der Waals surface area contributed by atoms with Gasteiger partial charge >= 0.3 is 11.9 Å². The Morgan fingerprint density at radius 3 is 2.29 bits per heavy atom. The number of hydrogen-bond donors (Lipinski definition) is 2. The Morgan fingerprint density at radius 2 is 1.79 bits per heavy atom. The van der Waals surface area contributed by atoms with Gasteiger partial charge < -0.3 is 9.84 Å². The standard InChI is InChI=1S/C8H6O6/c9-5(10)7-3-1-2-4-8(7,14-7)6(11)13-12/h1-4,12H,(H,9,10). The number of carbonyl (C=O) groups excluding carboxylic acids is 1. The molecule has 2 aliphatic rings. The highest BCUT2D eigenvalue weighted by molar-refractivity contribution is 6.01. The molecule has 0 aromatic rings. The molecule has 1 fully saturated rings. The summed E-state index contributed by atoms with van der Waals surface area (Å²) >= 11 is 0. The number of allylic oxidation sites excluding steroid dienone is 2. The lowest BCUT2D eigenvalue weighted by Gasteiger charge is -2.09. The summed E-state index contributed by atoms with van der Waals surface area (Å²) in [6, 6.07) is 0. The molecule has 0 aromatic carbocycles. The fourth-order valence-electron chi connectivity index (χ4n) is 1.53. The van der Waals surface area contributed by atoms with Crippen LogP contribution in [0.2, 0.25) is 0 Å². The highest BCUT2D eigenvalue weighted by Gasteiger charge is 2.79. The van der Waals surface area contributed by atoms with Crippen molar-refractivity contribution in [3.63, 3.8) is 0 Å². The summed E-state index contributed by atoms with van der Waals surface area (Å²) in [6.07, 6.45) is 5.36. The lowest BCUT2D eigenvalue weighted by molar-refractivity contribution is -0.238. The molecule has 1 aliphatic heterocycles. The third kappa shape index (κ3) is 0.765. The first-order valence-corrected chi connectivity index (χ1v) is 3.75. The highest BCUT2D eigenvalue weighted by Crippen LogP contribution is 2.53. The maximum absolute atomic E-state index is 11.1. The largest absolute Gasteiger partial charge is 0.479 e. The number of aliphatic carboxylic acids is 1. The Bertz CT molecular complexity index is 370. The van der Waals surface area contributed by atoms with Crippen LogP contribution in [-0.4, -0.2) is 33.5 Å². The first-order chi connectivity index (χ1) is 6.59. The van der Waals surface area contributed by atoms with Gasteiger partial charge in [0.05, 0.1) is 0 Å². The average molecular weight is 198 g/mol. The SMILES string of the molecule is O=C(O)C12C=CC=CC1(C(=O)OO)O2. The number of ether oxygens (including phenoxy) is 1. The molecule has 0 bridgehead atoms. The van der Waals surface area contributed by atoms with E-state index < -0.39 is 23.1 Å². The molecule has 0 spiro atoms. The van der Waals surface area contributed by atoms with E-state index in [1.165, 1.54) is 24.3 Å². The van der Waals surface area contributed by atoms with E-state index in [-0.39, 0.29) is 0 Å². The summed E-state index contributed by atoms with van der Waals surface area (Å²) in [5.74, 6) is -2.44. The molecule has 2 atom stereocenters. The Labute approximate surface area is 78.0 Å². The van der Waals surface area contributed by atoms with Gasteiger partial charge in [-0.1, -0.05) is 12.2 Å². The van der Waals surface area contributed by atoms with E-state index in [1.54, 1.807) is 0 Å². The molecule has 0 amide bonds. The molecule has 6 heteroatoms. The smallest absolute Gasteiger partial charge is 0.381 e. The van der Waals surface area contributed by atoms with Crippen LogP contribution >= 0.6 is 0 Å². The second-order valence-corrected chi connectivity index (χ2v) is 2.98. The Morgan fingerprint density at radius 1 is 1.21 bits per heavy atom. The van der Waals surface area contributed by atoms with E-state index in [1.807, 2.05) is 0 Å². The van der Waals surface area contributed by atoms with Gasteiger partial charge in [0.2, 0.25) is 11.2 Å². The van der Waals surface area contributed by atoms with Crippen molar-refractivity contribution in [3.8, 4) is 0 Å². The summed E-state index contributed by atoms with van der Waals surface area (Å²) in [7, 11) is 0. The molecule has 1 heterocycles. The molecule has 0 radical (unpaired) electrons.